The van der Waals surface area contributed by atoms with E-state index in [1.54, 1.807) is 0 Å². The average molecular weight is 374 g/mol. The van der Waals surface area contributed by atoms with Gasteiger partial charge in [0.15, 0.2) is 6.10 Å². The molecule has 0 spiro atoms. The number of hydrogen-bond donors (Lipinski definition) is 3. The number of carbonyl (C=O) groups is 3. The van der Waals surface area contributed by atoms with Gasteiger partial charge in [-0.25, -0.2) is 19.6 Å². The number of carbonyl (C=O) groups excluding carboxylic acids is 3. The molecule has 0 aromatic rings. The first-order valence-corrected chi connectivity index (χ1v) is 7.13. The maximum Gasteiger partial charge on any atom is 0.390 e. The van der Waals surface area contributed by atoms with Gasteiger partial charge in [-0.1, -0.05) is 19.7 Å². The summed E-state index contributed by atoms with van der Waals surface area (Å²) >= 11 is 0. The Morgan fingerprint density at radius 3 is 1.46 bits per heavy atom. The lowest BCUT2D eigenvalue weighted by molar-refractivity contribution is -0.546. The Balaban J connectivity index is 6.33. The second-order valence-corrected chi connectivity index (χ2v) is 5.53. The first-order valence-electron chi connectivity index (χ1n) is 7.13. The van der Waals surface area contributed by atoms with Crippen LogP contribution in [-0.4, -0.2) is 51.2 Å². The van der Waals surface area contributed by atoms with Crippen molar-refractivity contribution in [3.8, 4) is 0 Å². The van der Waals surface area contributed by atoms with Crippen LogP contribution in [0.25, 0.3) is 0 Å². The number of rotatable bonds is 9. The molecule has 0 saturated heterocycles. The Kier molecular flexibility index (Phi) is 7.87. The molecule has 0 amide bonds. The van der Waals surface area contributed by atoms with Crippen molar-refractivity contribution in [1.29, 1.82) is 0 Å². The van der Waals surface area contributed by atoms with E-state index in [0.29, 0.717) is 0 Å². The third-order valence-electron chi connectivity index (χ3n) is 2.93. The highest BCUT2D eigenvalue weighted by atomic mass is 17.2. The van der Waals surface area contributed by atoms with Crippen molar-refractivity contribution >= 4 is 17.9 Å². The molecule has 0 aliphatic heterocycles. The first kappa shape index (κ1) is 23.5. The smallest absolute Gasteiger partial charge is 0.390 e. The van der Waals surface area contributed by atoms with Crippen LogP contribution in [0.2, 0.25) is 0 Å². The largest absolute Gasteiger partial charge is 0.451 e. The predicted molar refractivity (Wildman–Crippen MR) is 85.8 cm³/mol. The Morgan fingerprint density at radius 2 is 1.19 bits per heavy atom. The molecule has 3 N–H and O–H groups in total. The van der Waals surface area contributed by atoms with Crippen molar-refractivity contribution in [2.75, 3.05) is 0 Å². The van der Waals surface area contributed by atoms with Crippen molar-refractivity contribution in [3.63, 3.8) is 0 Å². The van der Waals surface area contributed by atoms with Crippen LogP contribution >= 0.6 is 0 Å². The van der Waals surface area contributed by atoms with Gasteiger partial charge in [-0.2, -0.15) is 4.89 Å². The highest BCUT2D eigenvalue weighted by Crippen LogP contribution is 2.34. The first-order chi connectivity index (χ1) is 11.7. The predicted octanol–water partition coefficient (Wildman–Crippen LogP) is 0.557. The Hall–Kier alpha value is -2.53. The van der Waals surface area contributed by atoms with Gasteiger partial charge in [-0.3, -0.25) is 0 Å². The minimum Gasteiger partial charge on any atom is -0.451 e. The van der Waals surface area contributed by atoms with Crippen molar-refractivity contribution in [1.82, 2.24) is 0 Å². The van der Waals surface area contributed by atoms with Gasteiger partial charge in [-0.05, 0) is 27.7 Å². The van der Waals surface area contributed by atoms with Crippen molar-refractivity contribution in [2.45, 2.75) is 45.6 Å². The van der Waals surface area contributed by atoms with Crippen molar-refractivity contribution < 1.29 is 49.0 Å². The molecule has 1 atom stereocenters. The molecule has 0 radical (unpaired) electrons. The highest BCUT2D eigenvalue weighted by molar-refractivity contribution is 5.89. The molecule has 10 nitrogen and oxygen atoms in total. The maximum absolute atomic E-state index is 11.9. The molecule has 1 unspecified atom stereocenters. The minimum atomic E-state index is -3.84. The van der Waals surface area contributed by atoms with Crippen LogP contribution in [0.1, 0.15) is 27.7 Å². The normalized spacial score (nSPS) is 12.6. The van der Waals surface area contributed by atoms with Crippen LogP contribution in [-0.2, 0) is 33.5 Å². The molecule has 0 heterocycles. The van der Waals surface area contributed by atoms with Crippen LogP contribution in [0.3, 0.4) is 0 Å². The third kappa shape index (κ3) is 5.23. The van der Waals surface area contributed by atoms with E-state index in [2.05, 4.69) is 24.6 Å². The average Bonchev–Trinajstić information content (AvgIpc) is 2.52. The molecule has 0 fully saturated rings. The fourth-order valence-corrected chi connectivity index (χ4v) is 1.44. The summed E-state index contributed by atoms with van der Waals surface area (Å²) in [7, 11) is 0. The molecule has 26 heavy (non-hydrogen) atoms. The molecule has 0 saturated carbocycles. The Morgan fingerprint density at radius 1 is 0.846 bits per heavy atom. The van der Waals surface area contributed by atoms with Gasteiger partial charge in [0, 0.05) is 16.7 Å². The zero-order valence-electron chi connectivity index (χ0n) is 14.9. The zero-order valence-corrected chi connectivity index (χ0v) is 14.9. The quantitative estimate of drug-likeness (QED) is 0.172. The lowest BCUT2D eigenvalue weighted by Gasteiger charge is -2.41. The van der Waals surface area contributed by atoms with Crippen molar-refractivity contribution in [2.24, 2.45) is 0 Å². The third-order valence-corrected chi connectivity index (χ3v) is 2.93. The van der Waals surface area contributed by atoms with Gasteiger partial charge in [0.05, 0.1) is 0 Å². The van der Waals surface area contributed by atoms with E-state index in [1.165, 1.54) is 20.8 Å². The molecule has 10 heteroatoms. The fraction of sp³-hybridized carbons (Fsp3) is 0.438. The Labute approximate surface area is 149 Å². The van der Waals surface area contributed by atoms with Gasteiger partial charge >= 0.3 is 29.7 Å². The summed E-state index contributed by atoms with van der Waals surface area (Å²) in [6, 6.07) is 0. The lowest BCUT2D eigenvalue weighted by atomic mass is 10.1. The molecule has 0 bridgehead atoms. The van der Waals surface area contributed by atoms with Crippen LogP contribution in [0, 0.1) is 0 Å². The van der Waals surface area contributed by atoms with E-state index in [1.807, 2.05) is 0 Å². The van der Waals surface area contributed by atoms with Crippen LogP contribution in [0.4, 0.5) is 0 Å². The van der Waals surface area contributed by atoms with Crippen molar-refractivity contribution in [3.05, 3.63) is 36.5 Å². The number of aliphatic hydroxyl groups is 2. The van der Waals surface area contributed by atoms with Crippen LogP contribution < -0.4 is 0 Å². The van der Waals surface area contributed by atoms with Gasteiger partial charge < -0.3 is 24.4 Å². The van der Waals surface area contributed by atoms with E-state index in [-0.39, 0.29) is 16.7 Å². The van der Waals surface area contributed by atoms with Gasteiger partial charge in [0.2, 0.25) is 0 Å². The standard InChI is InChI=1S/C16H22O10/c1-8(2)12(17)23-11(7)15(16(20,21)26-22,24-13(18)9(3)4)25-14(19)10(5)6/h11,20-22H,1,3,5H2,2,4,6-7H3. The molecule has 0 aliphatic carbocycles. The SMILES string of the molecule is C=C(C)C(=O)OC(C)C(OC(=O)C(=C)C)(OC(=O)C(=C)C)C(O)(O)OO. The summed E-state index contributed by atoms with van der Waals surface area (Å²) in [6.07, 6.45) is -1.89. The monoisotopic (exact) mass is 374 g/mol. The van der Waals surface area contributed by atoms with Gasteiger partial charge in [0.25, 0.3) is 0 Å². The summed E-state index contributed by atoms with van der Waals surface area (Å²) < 4.78 is 14.5. The van der Waals surface area contributed by atoms with Gasteiger partial charge in [-0.15, -0.1) is 0 Å². The van der Waals surface area contributed by atoms with E-state index in [9.17, 15) is 24.6 Å². The second-order valence-electron chi connectivity index (χ2n) is 5.53. The second kappa shape index (κ2) is 8.72. The molecule has 0 aromatic carbocycles. The molecule has 0 aliphatic rings. The summed E-state index contributed by atoms with van der Waals surface area (Å²) in [6.45, 7) is 14.6. The lowest BCUT2D eigenvalue weighted by Crippen LogP contribution is -2.67. The molecule has 146 valence electrons. The summed E-state index contributed by atoms with van der Waals surface area (Å²) in [4.78, 5) is 39.1. The number of hydrogen-bond acceptors (Lipinski definition) is 10. The summed E-state index contributed by atoms with van der Waals surface area (Å²) in [5.41, 5.74) is -0.588. The molecular weight excluding hydrogens is 352 g/mol. The summed E-state index contributed by atoms with van der Waals surface area (Å²) in [5, 5.41) is 28.8. The highest BCUT2D eigenvalue weighted by Gasteiger charge is 2.65. The number of ether oxygens (including phenoxy) is 3. The molecule has 0 aromatic heterocycles. The van der Waals surface area contributed by atoms with E-state index in [0.717, 1.165) is 6.92 Å². The Bertz CT molecular complexity index is 603. The van der Waals surface area contributed by atoms with E-state index < -0.39 is 35.8 Å². The number of esters is 3. The van der Waals surface area contributed by atoms with E-state index >= 15 is 0 Å². The van der Waals surface area contributed by atoms with Crippen LogP contribution in [0.5, 0.6) is 0 Å². The molecular formula is C16H22O10. The molecule has 0 rings (SSSR count). The van der Waals surface area contributed by atoms with E-state index in [4.69, 9.17) is 19.5 Å². The van der Waals surface area contributed by atoms with Crippen LogP contribution in [0.15, 0.2) is 36.5 Å². The fourth-order valence-electron chi connectivity index (χ4n) is 1.44. The van der Waals surface area contributed by atoms with Gasteiger partial charge in [0.1, 0.15) is 0 Å². The topological polar surface area (TPSA) is 149 Å². The maximum atomic E-state index is 11.9. The minimum absolute atomic E-state index is 0.102. The summed E-state index contributed by atoms with van der Waals surface area (Å²) in [5.74, 6) is -10.7. The zero-order chi connectivity index (χ0) is 20.9.